The number of aliphatic carboxylic acids is 1. The van der Waals surface area contributed by atoms with Gasteiger partial charge >= 0.3 is 5.97 Å². The first-order valence-electron chi connectivity index (χ1n) is 12.0. The molecule has 35 heavy (non-hydrogen) atoms. The predicted octanol–water partition coefficient (Wildman–Crippen LogP) is 5.78. The van der Waals surface area contributed by atoms with Crippen molar-refractivity contribution in [3.63, 3.8) is 0 Å². The lowest BCUT2D eigenvalue weighted by Crippen LogP contribution is -2.17. The molecule has 3 aromatic rings. The average molecular weight is 475 g/mol. The van der Waals surface area contributed by atoms with Crippen LogP contribution < -0.4 is 14.2 Å². The Hall–Kier alpha value is -3.80. The molecule has 1 aliphatic rings. The van der Waals surface area contributed by atoms with Crippen molar-refractivity contribution >= 4 is 11.8 Å². The summed E-state index contributed by atoms with van der Waals surface area (Å²) in [4.78, 5) is 23.2. The molecule has 6 heteroatoms. The van der Waals surface area contributed by atoms with Crippen LogP contribution in [0.2, 0.25) is 0 Å². The van der Waals surface area contributed by atoms with Gasteiger partial charge in [-0.3, -0.25) is 9.59 Å². The second kappa shape index (κ2) is 11.6. The van der Waals surface area contributed by atoms with E-state index in [1.165, 1.54) is 0 Å². The lowest BCUT2D eigenvalue weighted by atomic mass is 9.98. The molecule has 0 saturated heterocycles. The lowest BCUT2D eigenvalue weighted by molar-refractivity contribution is -0.136. The van der Waals surface area contributed by atoms with Gasteiger partial charge in [0.05, 0.1) is 12.2 Å². The number of Topliss-reactive ketones (excluding diaryl/α,β-unsaturated/α-hetero) is 1. The molecule has 1 N–H and O–H groups in total. The molecule has 0 spiro atoms. The SMILES string of the molecule is CCCc1c(OCc2cccc(COc3ccccc3CCC(=O)O)c2)ccc2c1OCCC2=O. The van der Waals surface area contributed by atoms with E-state index in [0.29, 0.717) is 49.7 Å². The van der Waals surface area contributed by atoms with Crippen molar-refractivity contribution in [1.29, 1.82) is 0 Å². The molecule has 0 unspecified atom stereocenters. The molecular formula is C29H30O6. The minimum absolute atomic E-state index is 0.0646. The maximum Gasteiger partial charge on any atom is 0.303 e. The number of para-hydroxylation sites is 1. The van der Waals surface area contributed by atoms with E-state index >= 15 is 0 Å². The van der Waals surface area contributed by atoms with Crippen molar-refractivity contribution in [1.82, 2.24) is 0 Å². The third kappa shape index (κ3) is 6.21. The van der Waals surface area contributed by atoms with Gasteiger partial charge in [-0.2, -0.15) is 0 Å². The second-order valence-corrected chi connectivity index (χ2v) is 8.59. The van der Waals surface area contributed by atoms with Gasteiger partial charge < -0.3 is 19.3 Å². The van der Waals surface area contributed by atoms with Crippen LogP contribution in [0.15, 0.2) is 60.7 Å². The summed E-state index contributed by atoms with van der Waals surface area (Å²) in [5, 5.41) is 8.98. The summed E-state index contributed by atoms with van der Waals surface area (Å²) in [7, 11) is 0. The van der Waals surface area contributed by atoms with Crippen LogP contribution >= 0.6 is 0 Å². The molecule has 0 atom stereocenters. The van der Waals surface area contributed by atoms with Crippen molar-refractivity contribution in [3.8, 4) is 17.2 Å². The number of hydrogen-bond donors (Lipinski definition) is 1. The van der Waals surface area contributed by atoms with Gasteiger partial charge in [-0.15, -0.1) is 0 Å². The number of hydrogen-bond acceptors (Lipinski definition) is 5. The molecule has 3 aromatic carbocycles. The number of carboxylic acid groups (broad SMARTS) is 1. The fourth-order valence-corrected chi connectivity index (χ4v) is 4.22. The molecule has 1 heterocycles. The number of aryl methyl sites for hydroxylation is 1. The zero-order chi connectivity index (χ0) is 24.6. The molecule has 0 aromatic heterocycles. The van der Waals surface area contributed by atoms with Gasteiger partial charge in [-0.05, 0) is 53.8 Å². The molecule has 0 saturated carbocycles. The Balaban J connectivity index is 1.43. The zero-order valence-electron chi connectivity index (χ0n) is 19.9. The molecule has 0 bridgehead atoms. The average Bonchev–Trinajstić information content (AvgIpc) is 2.87. The van der Waals surface area contributed by atoms with E-state index in [-0.39, 0.29) is 12.2 Å². The number of carbonyl (C=O) groups excluding carboxylic acids is 1. The molecule has 0 fully saturated rings. The zero-order valence-corrected chi connectivity index (χ0v) is 19.9. The van der Waals surface area contributed by atoms with E-state index in [9.17, 15) is 9.59 Å². The van der Waals surface area contributed by atoms with Gasteiger partial charge in [0, 0.05) is 18.4 Å². The molecule has 6 nitrogen and oxygen atoms in total. The van der Waals surface area contributed by atoms with Crippen molar-refractivity contribution in [2.45, 2.75) is 52.2 Å². The van der Waals surface area contributed by atoms with Crippen LogP contribution in [0.3, 0.4) is 0 Å². The highest BCUT2D eigenvalue weighted by molar-refractivity contribution is 6.00. The smallest absolute Gasteiger partial charge is 0.303 e. The maximum atomic E-state index is 12.3. The molecule has 0 radical (unpaired) electrons. The number of benzene rings is 3. The van der Waals surface area contributed by atoms with E-state index in [0.717, 1.165) is 40.8 Å². The summed E-state index contributed by atoms with van der Waals surface area (Å²) in [6, 6.07) is 19.2. The van der Waals surface area contributed by atoms with Gasteiger partial charge in [0.2, 0.25) is 0 Å². The Morgan fingerprint density at radius 2 is 1.69 bits per heavy atom. The fourth-order valence-electron chi connectivity index (χ4n) is 4.22. The van der Waals surface area contributed by atoms with Crippen molar-refractivity contribution in [2.24, 2.45) is 0 Å². The van der Waals surface area contributed by atoms with Crippen LogP contribution in [0.1, 0.15) is 58.8 Å². The predicted molar refractivity (Wildman–Crippen MR) is 132 cm³/mol. The van der Waals surface area contributed by atoms with Gasteiger partial charge in [0.15, 0.2) is 5.78 Å². The number of carboxylic acids is 1. The highest BCUT2D eigenvalue weighted by atomic mass is 16.5. The van der Waals surface area contributed by atoms with Crippen molar-refractivity contribution < 1.29 is 28.9 Å². The summed E-state index contributed by atoms with van der Waals surface area (Å²) < 4.78 is 18.0. The van der Waals surface area contributed by atoms with Gasteiger partial charge in [0.1, 0.15) is 30.5 Å². The van der Waals surface area contributed by atoms with Crippen molar-refractivity contribution in [3.05, 3.63) is 88.5 Å². The van der Waals surface area contributed by atoms with Crippen LogP contribution in [-0.2, 0) is 30.8 Å². The Morgan fingerprint density at radius 1 is 0.943 bits per heavy atom. The van der Waals surface area contributed by atoms with Gasteiger partial charge in [-0.1, -0.05) is 49.7 Å². The topological polar surface area (TPSA) is 82.1 Å². The minimum Gasteiger partial charge on any atom is -0.492 e. The Bertz CT molecular complexity index is 1200. The van der Waals surface area contributed by atoms with Gasteiger partial charge in [-0.25, -0.2) is 0 Å². The van der Waals surface area contributed by atoms with Crippen LogP contribution in [0.5, 0.6) is 17.2 Å². The molecule has 4 rings (SSSR count). The van der Waals surface area contributed by atoms with Crippen LogP contribution in [0.25, 0.3) is 0 Å². The summed E-state index contributed by atoms with van der Waals surface area (Å²) in [5.41, 5.74) is 4.48. The summed E-state index contributed by atoms with van der Waals surface area (Å²) in [6.45, 7) is 3.25. The highest BCUT2D eigenvalue weighted by Gasteiger charge is 2.23. The standard InChI is InChI=1S/C29H30O6/c1-2-6-24-27(13-12-23-25(30)15-16-33-29(23)24)35-19-21-8-5-7-20(17-21)18-34-26-10-4-3-9-22(26)11-14-28(31)32/h3-5,7-10,12-13,17H,2,6,11,14-16,18-19H2,1H3,(H,31,32). The monoisotopic (exact) mass is 474 g/mol. The Morgan fingerprint density at radius 3 is 2.43 bits per heavy atom. The van der Waals surface area contributed by atoms with E-state index in [2.05, 4.69) is 6.92 Å². The van der Waals surface area contributed by atoms with Crippen molar-refractivity contribution in [2.75, 3.05) is 6.61 Å². The largest absolute Gasteiger partial charge is 0.492 e. The fraction of sp³-hybridized carbons (Fsp3) is 0.310. The Labute approximate surface area is 205 Å². The third-order valence-electron chi connectivity index (χ3n) is 5.95. The van der Waals surface area contributed by atoms with E-state index in [4.69, 9.17) is 19.3 Å². The molecule has 0 amide bonds. The normalized spacial score (nSPS) is 12.5. The second-order valence-electron chi connectivity index (χ2n) is 8.59. The molecule has 182 valence electrons. The minimum atomic E-state index is -0.827. The molecule has 1 aliphatic heterocycles. The highest BCUT2D eigenvalue weighted by Crippen LogP contribution is 2.37. The summed E-state index contributed by atoms with van der Waals surface area (Å²) >= 11 is 0. The van der Waals surface area contributed by atoms with Crippen LogP contribution in [0.4, 0.5) is 0 Å². The van der Waals surface area contributed by atoms with Gasteiger partial charge in [0.25, 0.3) is 0 Å². The quantitative estimate of drug-likeness (QED) is 0.379. The number of carbonyl (C=O) groups is 2. The van der Waals surface area contributed by atoms with E-state index in [1.807, 2.05) is 54.6 Å². The first-order chi connectivity index (χ1) is 17.0. The Kier molecular flexibility index (Phi) is 8.03. The summed E-state index contributed by atoms with van der Waals surface area (Å²) in [5.74, 6) is 1.40. The lowest BCUT2D eigenvalue weighted by Gasteiger charge is -2.22. The first kappa shape index (κ1) is 24.3. The first-order valence-corrected chi connectivity index (χ1v) is 12.0. The van der Waals surface area contributed by atoms with Crippen LogP contribution in [0, 0.1) is 0 Å². The number of ether oxygens (including phenoxy) is 3. The maximum absolute atomic E-state index is 12.3. The van der Waals surface area contributed by atoms with E-state index < -0.39 is 5.97 Å². The number of rotatable bonds is 11. The van der Waals surface area contributed by atoms with E-state index in [1.54, 1.807) is 6.07 Å². The molecule has 0 aliphatic carbocycles. The third-order valence-corrected chi connectivity index (χ3v) is 5.95. The molecular weight excluding hydrogens is 444 g/mol. The summed E-state index contributed by atoms with van der Waals surface area (Å²) in [6.07, 6.45) is 2.61. The number of ketones is 1. The number of fused-ring (bicyclic) bond motifs is 1. The van der Waals surface area contributed by atoms with Crippen LogP contribution in [-0.4, -0.2) is 23.5 Å².